The first-order valence-electron chi connectivity index (χ1n) is 3.78. The zero-order valence-electron chi connectivity index (χ0n) is 7.03. The van der Waals surface area contributed by atoms with Gasteiger partial charge in [0.1, 0.15) is 0 Å². The van der Waals surface area contributed by atoms with Crippen LogP contribution in [0.25, 0.3) is 0 Å². The average Bonchev–Trinajstić information content (AvgIpc) is 2.48. The summed E-state index contributed by atoms with van der Waals surface area (Å²) in [5.41, 5.74) is 0. The molecule has 0 aliphatic rings. The summed E-state index contributed by atoms with van der Waals surface area (Å²) in [4.78, 5) is 0. The summed E-state index contributed by atoms with van der Waals surface area (Å²) in [7, 11) is -3.30. The summed E-state index contributed by atoms with van der Waals surface area (Å²) in [6.45, 7) is 1.93. The third-order valence-corrected chi connectivity index (χ3v) is 4.30. The standard InChI is InChI=1S/C6H9ClN2O2S2/c1-2-3-4-13(10,11)6-5(7)8-12-9-6/h2-4H2,1H3. The van der Waals surface area contributed by atoms with Crippen molar-refractivity contribution in [3.63, 3.8) is 0 Å². The van der Waals surface area contributed by atoms with Crippen LogP contribution in [-0.4, -0.2) is 22.9 Å². The Hall–Kier alpha value is -0.200. The van der Waals surface area contributed by atoms with Crippen LogP contribution in [0.1, 0.15) is 19.8 Å². The molecule has 0 amide bonds. The summed E-state index contributed by atoms with van der Waals surface area (Å²) >= 11 is 6.38. The number of hydrogen-bond donors (Lipinski definition) is 0. The third-order valence-electron chi connectivity index (χ3n) is 1.48. The van der Waals surface area contributed by atoms with Gasteiger partial charge in [0.15, 0.2) is 15.0 Å². The van der Waals surface area contributed by atoms with E-state index >= 15 is 0 Å². The highest BCUT2D eigenvalue weighted by Gasteiger charge is 2.21. The van der Waals surface area contributed by atoms with Crippen LogP contribution in [0.4, 0.5) is 0 Å². The van der Waals surface area contributed by atoms with Gasteiger partial charge in [0, 0.05) is 0 Å². The van der Waals surface area contributed by atoms with Crippen molar-refractivity contribution in [3.05, 3.63) is 5.15 Å². The monoisotopic (exact) mass is 240 g/mol. The summed E-state index contributed by atoms with van der Waals surface area (Å²) in [6, 6.07) is 0. The molecule has 0 radical (unpaired) electrons. The van der Waals surface area contributed by atoms with Gasteiger partial charge in [-0.3, -0.25) is 0 Å². The van der Waals surface area contributed by atoms with Crippen LogP contribution in [0.2, 0.25) is 5.15 Å². The Kier molecular flexibility index (Phi) is 3.63. The summed E-state index contributed by atoms with van der Waals surface area (Å²) in [5, 5.41) is -0.0891. The van der Waals surface area contributed by atoms with E-state index in [0.717, 1.165) is 18.1 Å². The fourth-order valence-corrected chi connectivity index (χ4v) is 3.46. The fraction of sp³-hybridized carbons (Fsp3) is 0.667. The first-order valence-corrected chi connectivity index (χ1v) is 6.55. The van der Waals surface area contributed by atoms with Gasteiger partial charge in [-0.1, -0.05) is 24.9 Å². The second kappa shape index (κ2) is 4.34. The smallest absolute Gasteiger partial charge is 0.207 e. The van der Waals surface area contributed by atoms with E-state index < -0.39 is 9.84 Å². The number of halogens is 1. The molecule has 0 unspecified atom stereocenters. The van der Waals surface area contributed by atoms with Crippen molar-refractivity contribution in [2.45, 2.75) is 24.8 Å². The molecule has 0 fully saturated rings. The molecule has 1 rings (SSSR count). The van der Waals surface area contributed by atoms with E-state index in [1.165, 1.54) is 0 Å². The quantitative estimate of drug-likeness (QED) is 0.805. The molecule has 0 atom stereocenters. The van der Waals surface area contributed by atoms with E-state index in [2.05, 4.69) is 8.75 Å². The lowest BCUT2D eigenvalue weighted by Crippen LogP contribution is -2.07. The first kappa shape index (κ1) is 10.9. The highest BCUT2D eigenvalue weighted by Crippen LogP contribution is 2.19. The number of unbranched alkanes of at least 4 members (excludes halogenated alkanes) is 1. The largest absolute Gasteiger partial charge is 0.222 e. The molecule has 0 N–H and O–H groups in total. The summed E-state index contributed by atoms with van der Waals surface area (Å²) in [6.07, 6.45) is 1.45. The van der Waals surface area contributed by atoms with Gasteiger partial charge in [-0.2, -0.15) is 8.75 Å². The molecule has 1 heterocycles. The van der Waals surface area contributed by atoms with Crippen molar-refractivity contribution in [1.82, 2.24) is 8.75 Å². The highest BCUT2D eigenvalue weighted by molar-refractivity contribution is 7.91. The lowest BCUT2D eigenvalue weighted by atomic mass is 10.4. The molecule has 0 saturated heterocycles. The number of aromatic nitrogens is 2. The Morgan fingerprint density at radius 1 is 1.46 bits per heavy atom. The van der Waals surface area contributed by atoms with Crippen LogP contribution in [-0.2, 0) is 9.84 Å². The second-order valence-corrected chi connectivity index (χ2v) is 5.44. The molecule has 0 aromatic carbocycles. The van der Waals surface area contributed by atoms with E-state index in [1.807, 2.05) is 6.92 Å². The van der Waals surface area contributed by atoms with E-state index in [-0.39, 0.29) is 15.9 Å². The maximum atomic E-state index is 11.5. The first-order chi connectivity index (χ1) is 6.08. The predicted molar refractivity (Wildman–Crippen MR) is 51.9 cm³/mol. The van der Waals surface area contributed by atoms with Crippen molar-refractivity contribution in [2.24, 2.45) is 0 Å². The maximum absolute atomic E-state index is 11.5. The van der Waals surface area contributed by atoms with E-state index in [1.54, 1.807) is 0 Å². The van der Waals surface area contributed by atoms with E-state index in [0.29, 0.717) is 6.42 Å². The van der Waals surface area contributed by atoms with Crippen molar-refractivity contribution >= 4 is 33.2 Å². The number of rotatable bonds is 4. The van der Waals surface area contributed by atoms with E-state index in [9.17, 15) is 8.42 Å². The molecule has 0 bridgehead atoms. The summed E-state index contributed by atoms with van der Waals surface area (Å²) in [5.74, 6) is 0.0919. The molecule has 0 aliphatic heterocycles. The van der Waals surface area contributed by atoms with Gasteiger partial charge in [-0.15, -0.1) is 0 Å². The minimum atomic E-state index is -3.30. The molecule has 74 valence electrons. The molecule has 0 saturated carbocycles. The fourth-order valence-electron chi connectivity index (χ4n) is 0.786. The zero-order chi connectivity index (χ0) is 9.90. The van der Waals surface area contributed by atoms with Crippen LogP contribution in [0.15, 0.2) is 5.03 Å². The van der Waals surface area contributed by atoms with Gasteiger partial charge in [-0.05, 0) is 6.42 Å². The Morgan fingerprint density at radius 3 is 2.62 bits per heavy atom. The zero-order valence-corrected chi connectivity index (χ0v) is 9.42. The van der Waals surface area contributed by atoms with Crippen molar-refractivity contribution in [2.75, 3.05) is 5.75 Å². The molecule has 1 aromatic rings. The Balaban J connectivity index is 2.88. The molecule has 7 heteroatoms. The Bertz CT molecular complexity index is 374. The van der Waals surface area contributed by atoms with Crippen LogP contribution in [0, 0.1) is 0 Å². The van der Waals surface area contributed by atoms with Gasteiger partial charge in [-0.25, -0.2) is 8.42 Å². The minimum Gasteiger partial charge on any atom is -0.222 e. The number of hydrogen-bond acceptors (Lipinski definition) is 5. The number of nitrogens with zero attached hydrogens (tertiary/aromatic N) is 2. The maximum Gasteiger partial charge on any atom is 0.207 e. The van der Waals surface area contributed by atoms with Gasteiger partial charge in [0.25, 0.3) is 0 Å². The van der Waals surface area contributed by atoms with Gasteiger partial charge in [0.2, 0.25) is 5.03 Å². The molecule has 1 aromatic heterocycles. The van der Waals surface area contributed by atoms with Crippen molar-refractivity contribution in [3.8, 4) is 0 Å². The second-order valence-electron chi connectivity index (χ2n) is 2.53. The minimum absolute atomic E-state index is 0.0129. The SMILES string of the molecule is CCCCS(=O)(=O)c1nsnc1Cl. The number of sulfone groups is 1. The lowest BCUT2D eigenvalue weighted by molar-refractivity contribution is 0.590. The molecule has 0 spiro atoms. The predicted octanol–water partition coefficient (Wildman–Crippen LogP) is 1.77. The van der Waals surface area contributed by atoms with Gasteiger partial charge >= 0.3 is 0 Å². The topological polar surface area (TPSA) is 59.9 Å². The van der Waals surface area contributed by atoms with Crippen LogP contribution < -0.4 is 0 Å². The average molecular weight is 241 g/mol. The summed E-state index contributed by atoms with van der Waals surface area (Å²) < 4.78 is 30.2. The molecular weight excluding hydrogens is 232 g/mol. The van der Waals surface area contributed by atoms with Gasteiger partial charge < -0.3 is 0 Å². The Labute approximate surface area is 86.2 Å². The van der Waals surface area contributed by atoms with Crippen LogP contribution >= 0.6 is 23.3 Å². The van der Waals surface area contributed by atoms with Crippen molar-refractivity contribution in [1.29, 1.82) is 0 Å². The normalized spacial score (nSPS) is 11.8. The molecule has 13 heavy (non-hydrogen) atoms. The molecule has 4 nitrogen and oxygen atoms in total. The van der Waals surface area contributed by atoms with E-state index in [4.69, 9.17) is 11.6 Å². The molecule has 0 aliphatic carbocycles. The van der Waals surface area contributed by atoms with Crippen molar-refractivity contribution < 1.29 is 8.42 Å². The third kappa shape index (κ3) is 2.62. The van der Waals surface area contributed by atoms with Crippen LogP contribution in [0.5, 0.6) is 0 Å². The molecular formula is C6H9ClN2O2S2. The van der Waals surface area contributed by atoms with Crippen LogP contribution in [0.3, 0.4) is 0 Å². The lowest BCUT2D eigenvalue weighted by Gasteiger charge is -1.98. The van der Waals surface area contributed by atoms with Gasteiger partial charge in [0.05, 0.1) is 17.5 Å². The Morgan fingerprint density at radius 2 is 2.15 bits per heavy atom. The highest BCUT2D eigenvalue weighted by atomic mass is 35.5.